The summed E-state index contributed by atoms with van der Waals surface area (Å²) in [5.41, 5.74) is 3.25. The SMILES string of the molecule is Cc1cccc([C@]23CCCC[C@@H]2CCCN3)c1. The van der Waals surface area contributed by atoms with Gasteiger partial charge in [0.2, 0.25) is 0 Å². The first-order valence-corrected chi connectivity index (χ1v) is 7.13. The Bertz CT molecular complexity index is 384. The predicted octanol–water partition coefficient (Wildman–Crippen LogP) is 3.76. The van der Waals surface area contributed by atoms with Crippen LogP contribution >= 0.6 is 0 Å². The first-order chi connectivity index (χ1) is 8.31. The zero-order valence-electron chi connectivity index (χ0n) is 10.8. The maximum atomic E-state index is 3.88. The molecule has 0 spiro atoms. The van der Waals surface area contributed by atoms with Crippen LogP contribution in [0.3, 0.4) is 0 Å². The second-order valence-corrected chi connectivity index (χ2v) is 5.85. The molecule has 2 aliphatic rings. The molecule has 1 saturated heterocycles. The van der Waals surface area contributed by atoms with Gasteiger partial charge in [-0.1, -0.05) is 42.7 Å². The Balaban J connectivity index is 2.00. The van der Waals surface area contributed by atoms with E-state index in [1.807, 2.05) is 0 Å². The lowest BCUT2D eigenvalue weighted by molar-refractivity contribution is 0.101. The maximum absolute atomic E-state index is 3.88. The van der Waals surface area contributed by atoms with E-state index in [-0.39, 0.29) is 0 Å². The highest BCUT2D eigenvalue weighted by Gasteiger charge is 2.43. The topological polar surface area (TPSA) is 12.0 Å². The summed E-state index contributed by atoms with van der Waals surface area (Å²) in [6.45, 7) is 3.41. The van der Waals surface area contributed by atoms with E-state index in [1.165, 1.54) is 50.6 Å². The molecular weight excluding hydrogens is 206 g/mol. The van der Waals surface area contributed by atoms with Gasteiger partial charge in [0.05, 0.1) is 0 Å². The molecule has 1 aromatic carbocycles. The van der Waals surface area contributed by atoms with E-state index >= 15 is 0 Å². The highest BCUT2D eigenvalue weighted by atomic mass is 15.0. The van der Waals surface area contributed by atoms with Crippen molar-refractivity contribution in [2.45, 2.75) is 51.0 Å². The van der Waals surface area contributed by atoms with Gasteiger partial charge >= 0.3 is 0 Å². The molecule has 1 saturated carbocycles. The summed E-state index contributed by atoms with van der Waals surface area (Å²) < 4.78 is 0. The molecule has 0 radical (unpaired) electrons. The van der Waals surface area contributed by atoms with Gasteiger partial charge < -0.3 is 5.32 Å². The van der Waals surface area contributed by atoms with Crippen molar-refractivity contribution in [3.63, 3.8) is 0 Å². The van der Waals surface area contributed by atoms with Gasteiger partial charge in [0.1, 0.15) is 0 Å². The number of piperidine rings is 1. The summed E-state index contributed by atoms with van der Waals surface area (Å²) in [6, 6.07) is 9.17. The summed E-state index contributed by atoms with van der Waals surface area (Å²) >= 11 is 0. The largest absolute Gasteiger partial charge is 0.307 e. The van der Waals surface area contributed by atoms with Gasteiger partial charge in [-0.3, -0.25) is 0 Å². The van der Waals surface area contributed by atoms with Crippen molar-refractivity contribution >= 4 is 0 Å². The van der Waals surface area contributed by atoms with Gasteiger partial charge in [-0.15, -0.1) is 0 Å². The van der Waals surface area contributed by atoms with Crippen molar-refractivity contribution in [3.8, 4) is 0 Å². The molecule has 2 fully saturated rings. The van der Waals surface area contributed by atoms with E-state index in [1.54, 1.807) is 5.56 Å². The fourth-order valence-corrected chi connectivity index (χ4v) is 3.93. The van der Waals surface area contributed by atoms with Crippen LogP contribution in [0.15, 0.2) is 24.3 Å². The standard InChI is InChI=1S/C16H23N/c1-13-6-4-8-15(12-13)16-10-3-2-7-14(16)9-5-11-17-16/h4,6,8,12,14,17H,2-3,5,7,9-11H2,1H3/t14-,16+/m1/s1. The Kier molecular flexibility index (Phi) is 2.96. The van der Waals surface area contributed by atoms with Gasteiger partial charge in [0.15, 0.2) is 0 Å². The Morgan fingerprint density at radius 2 is 2.06 bits per heavy atom. The van der Waals surface area contributed by atoms with Gasteiger partial charge in [-0.05, 0) is 50.6 Å². The Morgan fingerprint density at radius 1 is 1.18 bits per heavy atom. The minimum atomic E-state index is 0.308. The summed E-state index contributed by atoms with van der Waals surface area (Å²) in [5, 5.41) is 3.88. The summed E-state index contributed by atoms with van der Waals surface area (Å²) in [6.07, 6.45) is 8.35. The Hall–Kier alpha value is -0.820. The first kappa shape index (κ1) is 11.3. The highest BCUT2D eigenvalue weighted by Crippen LogP contribution is 2.45. The predicted molar refractivity (Wildman–Crippen MR) is 72.1 cm³/mol. The molecule has 2 atom stereocenters. The molecule has 1 aliphatic carbocycles. The average molecular weight is 229 g/mol. The molecule has 92 valence electrons. The van der Waals surface area contributed by atoms with Gasteiger partial charge in [0.25, 0.3) is 0 Å². The third-order valence-corrected chi connectivity index (χ3v) is 4.77. The second-order valence-electron chi connectivity index (χ2n) is 5.85. The molecule has 3 rings (SSSR count). The lowest BCUT2D eigenvalue weighted by atomic mass is 9.65. The van der Waals surface area contributed by atoms with Crippen LogP contribution < -0.4 is 5.32 Å². The van der Waals surface area contributed by atoms with Crippen molar-refractivity contribution in [1.29, 1.82) is 0 Å². The summed E-state index contributed by atoms with van der Waals surface area (Å²) in [4.78, 5) is 0. The van der Waals surface area contributed by atoms with Crippen LogP contribution in [0.4, 0.5) is 0 Å². The third-order valence-electron chi connectivity index (χ3n) is 4.77. The molecule has 0 bridgehead atoms. The Morgan fingerprint density at radius 3 is 2.94 bits per heavy atom. The molecular formula is C16H23N. The molecule has 1 heteroatoms. The van der Waals surface area contributed by atoms with Gasteiger partial charge in [-0.25, -0.2) is 0 Å². The minimum Gasteiger partial charge on any atom is -0.307 e. The lowest BCUT2D eigenvalue weighted by Crippen LogP contribution is -2.53. The van der Waals surface area contributed by atoms with E-state index in [2.05, 4.69) is 36.5 Å². The van der Waals surface area contributed by atoms with Crippen molar-refractivity contribution < 1.29 is 0 Å². The summed E-state index contributed by atoms with van der Waals surface area (Å²) in [5.74, 6) is 0.867. The van der Waals surface area contributed by atoms with Crippen molar-refractivity contribution in [3.05, 3.63) is 35.4 Å². The normalized spacial score (nSPS) is 33.1. The summed E-state index contributed by atoms with van der Waals surface area (Å²) in [7, 11) is 0. The van der Waals surface area contributed by atoms with E-state index in [0.717, 1.165) is 5.92 Å². The van der Waals surface area contributed by atoms with Crippen LogP contribution in [-0.2, 0) is 5.54 Å². The molecule has 1 heterocycles. The smallest absolute Gasteiger partial charge is 0.0463 e. The highest BCUT2D eigenvalue weighted by molar-refractivity contribution is 5.31. The number of rotatable bonds is 1. The van der Waals surface area contributed by atoms with Crippen LogP contribution in [0, 0.1) is 12.8 Å². The van der Waals surface area contributed by atoms with Gasteiger partial charge in [-0.2, -0.15) is 0 Å². The molecule has 1 aromatic rings. The number of hydrogen-bond acceptors (Lipinski definition) is 1. The molecule has 17 heavy (non-hydrogen) atoms. The molecule has 1 N–H and O–H groups in total. The van der Waals surface area contributed by atoms with Crippen LogP contribution in [0.25, 0.3) is 0 Å². The van der Waals surface area contributed by atoms with Crippen LogP contribution in [-0.4, -0.2) is 6.54 Å². The molecule has 1 aliphatic heterocycles. The molecule has 0 aromatic heterocycles. The van der Waals surface area contributed by atoms with Crippen LogP contribution in [0.5, 0.6) is 0 Å². The number of nitrogens with one attached hydrogen (secondary N) is 1. The van der Waals surface area contributed by atoms with E-state index < -0.39 is 0 Å². The number of hydrogen-bond donors (Lipinski definition) is 1. The maximum Gasteiger partial charge on any atom is 0.0463 e. The van der Waals surface area contributed by atoms with Crippen LogP contribution in [0.1, 0.15) is 49.7 Å². The fraction of sp³-hybridized carbons (Fsp3) is 0.625. The molecule has 0 amide bonds. The number of aryl methyl sites for hydroxylation is 1. The number of benzene rings is 1. The van der Waals surface area contributed by atoms with Crippen molar-refractivity contribution in [1.82, 2.24) is 5.32 Å². The van der Waals surface area contributed by atoms with Gasteiger partial charge in [0, 0.05) is 5.54 Å². The van der Waals surface area contributed by atoms with Crippen LogP contribution in [0.2, 0.25) is 0 Å². The molecule has 0 unspecified atom stereocenters. The minimum absolute atomic E-state index is 0.308. The number of fused-ring (bicyclic) bond motifs is 1. The van der Waals surface area contributed by atoms with Crippen molar-refractivity contribution in [2.75, 3.05) is 6.54 Å². The van der Waals surface area contributed by atoms with E-state index in [4.69, 9.17) is 0 Å². The van der Waals surface area contributed by atoms with Crippen molar-refractivity contribution in [2.24, 2.45) is 5.92 Å². The Labute approximate surface area is 105 Å². The first-order valence-electron chi connectivity index (χ1n) is 7.13. The second kappa shape index (κ2) is 4.45. The monoisotopic (exact) mass is 229 g/mol. The molecule has 1 nitrogen and oxygen atoms in total. The lowest BCUT2D eigenvalue weighted by Gasteiger charge is -2.49. The zero-order valence-corrected chi connectivity index (χ0v) is 10.8. The van der Waals surface area contributed by atoms with E-state index in [0.29, 0.717) is 5.54 Å². The third kappa shape index (κ3) is 1.91. The average Bonchev–Trinajstić information content (AvgIpc) is 2.39. The quantitative estimate of drug-likeness (QED) is 0.773. The fourth-order valence-electron chi connectivity index (χ4n) is 3.93. The zero-order chi connectivity index (χ0) is 11.7. The van der Waals surface area contributed by atoms with E-state index in [9.17, 15) is 0 Å².